The van der Waals surface area contributed by atoms with Crippen LogP contribution in [0, 0.1) is 11.3 Å². The summed E-state index contributed by atoms with van der Waals surface area (Å²) in [5, 5.41) is 9.19. The molecule has 0 saturated carbocycles. The maximum Gasteiger partial charge on any atom is 0.331 e. The lowest BCUT2D eigenvalue weighted by atomic mass is 9.79. The summed E-state index contributed by atoms with van der Waals surface area (Å²) in [5.41, 5.74) is -1.71. The number of alkyl halides is 2. The number of hydrogen-bond donors (Lipinski definition) is 0. The molecule has 0 fully saturated rings. The van der Waals surface area contributed by atoms with Crippen LogP contribution >= 0.6 is 0 Å². The van der Waals surface area contributed by atoms with E-state index in [2.05, 4.69) is 0 Å². The largest absolute Gasteiger partial charge is 0.465 e. The van der Waals surface area contributed by atoms with E-state index >= 15 is 0 Å². The van der Waals surface area contributed by atoms with Crippen molar-refractivity contribution in [1.29, 1.82) is 5.26 Å². The van der Waals surface area contributed by atoms with E-state index in [9.17, 15) is 18.8 Å². The predicted molar refractivity (Wildman–Crippen MR) is 61.0 cm³/mol. The molecule has 0 aromatic heterocycles. The van der Waals surface area contributed by atoms with E-state index in [-0.39, 0.29) is 12.2 Å². The van der Waals surface area contributed by atoms with Crippen LogP contribution in [0.4, 0.5) is 8.78 Å². The lowest BCUT2D eigenvalue weighted by Gasteiger charge is -2.24. The Morgan fingerprint density at radius 1 is 1.44 bits per heavy atom. The second-order valence-corrected chi connectivity index (χ2v) is 3.70. The van der Waals surface area contributed by atoms with Crippen molar-refractivity contribution in [2.45, 2.75) is 25.2 Å². The number of carbonyl (C=O) groups is 1. The first kappa shape index (κ1) is 14.1. The molecule has 0 saturated heterocycles. The number of carbonyl (C=O) groups excluding carboxylic acids is 1. The van der Waals surface area contributed by atoms with Gasteiger partial charge in [0, 0.05) is 6.42 Å². The number of benzene rings is 1. The van der Waals surface area contributed by atoms with Gasteiger partial charge in [-0.1, -0.05) is 30.3 Å². The number of hydrogen-bond acceptors (Lipinski definition) is 3. The summed E-state index contributed by atoms with van der Waals surface area (Å²) in [6, 6.07) is 9.50. The van der Waals surface area contributed by atoms with E-state index in [1.54, 1.807) is 31.2 Å². The highest BCUT2D eigenvalue weighted by atomic mass is 19.3. The van der Waals surface area contributed by atoms with Crippen LogP contribution < -0.4 is 0 Å². The van der Waals surface area contributed by atoms with Crippen LogP contribution in [0.5, 0.6) is 0 Å². The zero-order valence-electron chi connectivity index (χ0n) is 9.90. The monoisotopic (exact) mass is 253 g/mol. The third-order valence-corrected chi connectivity index (χ3v) is 2.54. The minimum atomic E-state index is -2.77. The third-order valence-electron chi connectivity index (χ3n) is 2.54. The van der Waals surface area contributed by atoms with E-state index in [1.807, 2.05) is 0 Å². The molecule has 0 bridgehead atoms. The number of ether oxygens (including phenoxy) is 1. The number of rotatable bonds is 5. The highest BCUT2D eigenvalue weighted by molar-refractivity contribution is 5.86. The predicted octanol–water partition coefficient (Wildman–Crippen LogP) is 2.67. The SMILES string of the molecule is CCOC(=O)C(C#N)(CC(F)F)c1ccccc1. The fourth-order valence-electron chi connectivity index (χ4n) is 1.68. The van der Waals surface area contributed by atoms with Gasteiger partial charge in [-0.05, 0) is 12.5 Å². The summed E-state index contributed by atoms with van der Waals surface area (Å²) in [6.07, 6.45) is -3.64. The molecular formula is C13H13F2NO2. The quantitative estimate of drug-likeness (QED) is 0.758. The normalized spacial score (nSPS) is 13.7. The summed E-state index contributed by atoms with van der Waals surface area (Å²) < 4.78 is 30.0. The lowest BCUT2D eigenvalue weighted by molar-refractivity contribution is -0.149. The van der Waals surface area contributed by atoms with Gasteiger partial charge >= 0.3 is 5.97 Å². The molecule has 0 amide bonds. The maximum atomic E-state index is 12.6. The summed E-state index contributed by atoms with van der Waals surface area (Å²) in [5.74, 6) is -0.931. The summed E-state index contributed by atoms with van der Waals surface area (Å²) in [4.78, 5) is 11.9. The molecule has 5 heteroatoms. The van der Waals surface area contributed by atoms with Gasteiger partial charge < -0.3 is 4.74 Å². The van der Waals surface area contributed by atoms with Crippen LogP contribution in [0.1, 0.15) is 18.9 Å². The number of nitriles is 1. The van der Waals surface area contributed by atoms with E-state index in [1.165, 1.54) is 12.1 Å². The van der Waals surface area contributed by atoms with Gasteiger partial charge in [0.2, 0.25) is 6.43 Å². The van der Waals surface area contributed by atoms with Gasteiger partial charge in [-0.3, -0.25) is 0 Å². The molecule has 1 rings (SSSR count). The van der Waals surface area contributed by atoms with Gasteiger partial charge in [0.1, 0.15) is 0 Å². The standard InChI is InChI=1S/C13H13F2NO2/c1-2-18-12(17)13(9-16,8-11(14)15)10-6-4-3-5-7-10/h3-7,11H,2,8H2,1H3. The van der Waals surface area contributed by atoms with Gasteiger partial charge in [0.05, 0.1) is 12.7 Å². The molecule has 0 N–H and O–H groups in total. The zero-order chi connectivity index (χ0) is 13.6. The zero-order valence-corrected chi connectivity index (χ0v) is 9.90. The Labute approximate surface area is 104 Å². The van der Waals surface area contributed by atoms with E-state index in [0.717, 1.165) is 0 Å². The molecule has 1 aromatic carbocycles. The molecule has 1 atom stereocenters. The maximum absolute atomic E-state index is 12.6. The van der Waals surface area contributed by atoms with Crippen LogP contribution in [0.2, 0.25) is 0 Å². The van der Waals surface area contributed by atoms with Crippen molar-refractivity contribution in [3.63, 3.8) is 0 Å². The van der Waals surface area contributed by atoms with Gasteiger partial charge in [-0.15, -0.1) is 0 Å². The molecule has 0 spiro atoms. The molecule has 0 aliphatic carbocycles. The van der Waals surface area contributed by atoms with Gasteiger partial charge in [-0.25, -0.2) is 13.6 Å². The molecule has 3 nitrogen and oxygen atoms in total. The Kier molecular flexibility index (Phi) is 4.78. The minimum Gasteiger partial charge on any atom is -0.465 e. The van der Waals surface area contributed by atoms with Crippen molar-refractivity contribution in [1.82, 2.24) is 0 Å². The van der Waals surface area contributed by atoms with E-state index < -0.39 is 24.2 Å². The molecule has 0 radical (unpaired) electrons. The van der Waals surface area contributed by atoms with Gasteiger partial charge in [-0.2, -0.15) is 5.26 Å². The van der Waals surface area contributed by atoms with Crippen molar-refractivity contribution >= 4 is 5.97 Å². The van der Waals surface area contributed by atoms with Crippen LogP contribution in [-0.2, 0) is 14.9 Å². The number of halogens is 2. The second kappa shape index (κ2) is 6.10. The second-order valence-electron chi connectivity index (χ2n) is 3.70. The highest BCUT2D eigenvalue weighted by Gasteiger charge is 2.44. The molecule has 0 aliphatic rings. The summed E-state index contributed by atoms with van der Waals surface area (Å²) in [7, 11) is 0. The average molecular weight is 253 g/mol. The Morgan fingerprint density at radius 2 is 2.06 bits per heavy atom. The Morgan fingerprint density at radius 3 is 2.50 bits per heavy atom. The minimum absolute atomic E-state index is 0.0400. The van der Waals surface area contributed by atoms with Crippen LogP contribution in [-0.4, -0.2) is 19.0 Å². The van der Waals surface area contributed by atoms with Crippen molar-refractivity contribution in [3.05, 3.63) is 35.9 Å². The topological polar surface area (TPSA) is 50.1 Å². The van der Waals surface area contributed by atoms with Crippen LogP contribution in [0.15, 0.2) is 30.3 Å². The van der Waals surface area contributed by atoms with Gasteiger partial charge in [0.25, 0.3) is 0 Å². The molecule has 1 unspecified atom stereocenters. The van der Waals surface area contributed by atoms with Crippen molar-refractivity contribution in [3.8, 4) is 6.07 Å². The van der Waals surface area contributed by atoms with Gasteiger partial charge in [0.15, 0.2) is 5.41 Å². The average Bonchev–Trinajstić information content (AvgIpc) is 2.37. The van der Waals surface area contributed by atoms with Crippen LogP contribution in [0.3, 0.4) is 0 Å². The lowest BCUT2D eigenvalue weighted by Crippen LogP contribution is -2.38. The molecule has 0 aliphatic heterocycles. The Balaban J connectivity index is 3.23. The number of esters is 1. The van der Waals surface area contributed by atoms with Crippen molar-refractivity contribution in [2.75, 3.05) is 6.61 Å². The van der Waals surface area contributed by atoms with E-state index in [4.69, 9.17) is 4.74 Å². The molecule has 18 heavy (non-hydrogen) atoms. The Hall–Kier alpha value is -1.96. The first-order valence-electron chi connectivity index (χ1n) is 5.49. The highest BCUT2D eigenvalue weighted by Crippen LogP contribution is 2.31. The number of nitrogens with zero attached hydrogens (tertiary/aromatic N) is 1. The first-order valence-corrected chi connectivity index (χ1v) is 5.49. The van der Waals surface area contributed by atoms with Crippen molar-refractivity contribution in [2.24, 2.45) is 0 Å². The fraction of sp³-hybridized carbons (Fsp3) is 0.385. The molecule has 96 valence electrons. The third kappa shape index (κ3) is 2.83. The molecule has 0 heterocycles. The molecular weight excluding hydrogens is 240 g/mol. The smallest absolute Gasteiger partial charge is 0.331 e. The van der Waals surface area contributed by atoms with Crippen LogP contribution in [0.25, 0.3) is 0 Å². The van der Waals surface area contributed by atoms with E-state index in [0.29, 0.717) is 0 Å². The Bertz CT molecular complexity index is 442. The van der Waals surface area contributed by atoms with Crippen molar-refractivity contribution < 1.29 is 18.3 Å². The summed E-state index contributed by atoms with van der Waals surface area (Å²) in [6.45, 7) is 1.60. The molecule has 1 aromatic rings. The summed E-state index contributed by atoms with van der Waals surface area (Å²) >= 11 is 0. The fourth-order valence-corrected chi connectivity index (χ4v) is 1.68. The first-order chi connectivity index (χ1) is 8.56.